The summed E-state index contributed by atoms with van der Waals surface area (Å²) < 4.78 is 0. The molecule has 2 rings (SSSR count). The van der Waals surface area contributed by atoms with Crippen LogP contribution in [0.1, 0.15) is 43.7 Å². The van der Waals surface area contributed by atoms with Gasteiger partial charge in [-0.15, -0.1) is 11.6 Å². The molecule has 1 saturated heterocycles. The van der Waals surface area contributed by atoms with E-state index in [4.69, 9.17) is 11.6 Å². The van der Waals surface area contributed by atoms with Crippen molar-refractivity contribution in [1.29, 1.82) is 0 Å². The molecular formula is C17H25ClN2O. The zero-order valence-corrected chi connectivity index (χ0v) is 13.3. The zero-order valence-electron chi connectivity index (χ0n) is 12.6. The first kappa shape index (κ1) is 16.3. The van der Waals surface area contributed by atoms with Gasteiger partial charge >= 0.3 is 0 Å². The lowest BCUT2D eigenvalue weighted by Gasteiger charge is -2.28. The summed E-state index contributed by atoms with van der Waals surface area (Å²) in [5, 5.41) is 3.09. The molecule has 1 fully saturated rings. The maximum Gasteiger partial charge on any atom is 0.220 e. The minimum Gasteiger partial charge on any atom is -0.354 e. The predicted octanol–water partition coefficient (Wildman–Crippen LogP) is 3.35. The Bertz CT molecular complexity index is 418. The molecule has 1 atom stereocenters. The van der Waals surface area contributed by atoms with Gasteiger partial charge in [0.25, 0.3) is 0 Å². The van der Waals surface area contributed by atoms with Crippen molar-refractivity contribution >= 4 is 17.5 Å². The van der Waals surface area contributed by atoms with E-state index in [1.165, 1.54) is 18.4 Å². The monoisotopic (exact) mass is 308 g/mol. The lowest BCUT2D eigenvalue weighted by atomic mass is 10.1. The maximum atomic E-state index is 11.9. The number of hydrogen-bond acceptors (Lipinski definition) is 2. The number of carbonyl (C=O) groups is 1. The van der Waals surface area contributed by atoms with Crippen molar-refractivity contribution < 1.29 is 4.79 Å². The first-order valence-electron chi connectivity index (χ1n) is 7.93. The summed E-state index contributed by atoms with van der Waals surface area (Å²) in [6, 6.07) is 10.8. The fraction of sp³-hybridized carbons (Fsp3) is 0.588. The normalized spacial score (nSPS) is 16.8. The highest BCUT2D eigenvalue weighted by molar-refractivity contribution is 6.17. The quantitative estimate of drug-likeness (QED) is 0.590. The molecule has 116 valence electrons. The number of rotatable bonds is 8. The fourth-order valence-electron chi connectivity index (χ4n) is 2.87. The zero-order chi connectivity index (χ0) is 14.9. The van der Waals surface area contributed by atoms with E-state index >= 15 is 0 Å². The molecule has 0 saturated carbocycles. The number of halogens is 1. The van der Waals surface area contributed by atoms with Gasteiger partial charge in [-0.1, -0.05) is 30.3 Å². The molecule has 21 heavy (non-hydrogen) atoms. The topological polar surface area (TPSA) is 32.3 Å². The Morgan fingerprint density at radius 1 is 1.19 bits per heavy atom. The number of amides is 1. The Morgan fingerprint density at radius 3 is 2.57 bits per heavy atom. The summed E-state index contributed by atoms with van der Waals surface area (Å²) in [7, 11) is 0. The average Bonchev–Trinajstić information content (AvgIpc) is 3.03. The van der Waals surface area contributed by atoms with E-state index in [2.05, 4.69) is 34.5 Å². The smallest absolute Gasteiger partial charge is 0.220 e. The second-order valence-corrected chi connectivity index (χ2v) is 6.00. The van der Waals surface area contributed by atoms with Crippen LogP contribution in [0.15, 0.2) is 30.3 Å². The largest absolute Gasteiger partial charge is 0.354 e. The highest BCUT2D eigenvalue weighted by Crippen LogP contribution is 2.24. The lowest BCUT2D eigenvalue weighted by Crippen LogP contribution is -2.36. The molecule has 1 N–H and O–H groups in total. The average molecular weight is 309 g/mol. The third kappa shape index (κ3) is 5.33. The van der Waals surface area contributed by atoms with E-state index < -0.39 is 0 Å². The summed E-state index contributed by atoms with van der Waals surface area (Å²) in [5.41, 5.74) is 1.29. The van der Waals surface area contributed by atoms with Gasteiger partial charge in [-0.05, 0) is 44.3 Å². The van der Waals surface area contributed by atoms with Crippen molar-refractivity contribution in [2.45, 2.75) is 38.1 Å². The minimum atomic E-state index is 0.139. The second kappa shape index (κ2) is 9.06. The lowest BCUT2D eigenvalue weighted by molar-refractivity contribution is -0.121. The van der Waals surface area contributed by atoms with E-state index in [1.807, 2.05) is 6.07 Å². The molecule has 0 radical (unpaired) electrons. The molecule has 0 aromatic heterocycles. The molecule has 1 heterocycles. The van der Waals surface area contributed by atoms with Gasteiger partial charge in [0.05, 0.1) is 6.04 Å². The standard InChI is InChI=1S/C17H25ClN2O/c18-11-5-4-10-17(21)19-14-16(20-12-6-7-13-20)15-8-2-1-3-9-15/h1-3,8-9,16H,4-7,10-14H2,(H,19,21). The number of likely N-dealkylation sites (tertiary alicyclic amines) is 1. The molecule has 1 aliphatic heterocycles. The molecule has 0 spiro atoms. The molecular weight excluding hydrogens is 284 g/mol. The number of benzene rings is 1. The van der Waals surface area contributed by atoms with Crippen molar-refractivity contribution in [2.75, 3.05) is 25.5 Å². The van der Waals surface area contributed by atoms with E-state index in [1.54, 1.807) is 0 Å². The Labute approximate surface area is 132 Å². The van der Waals surface area contributed by atoms with Crippen LogP contribution < -0.4 is 5.32 Å². The van der Waals surface area contributed by atoms with Gasteiger partial charge in [0.1, 0.15) is 0 Å². The van der Waals surface area contributed by atoms with Crippen LogP contribution in [0.2, 0.25) is 0 Å². The molecule has 1 aliphatic rings. The molecule has 3 nitrogen and oxygen atoms in total. The van der Waals surface area contributed by atoms with Crippen molar-refractivity contribution in [3.05, 3.63) is 35.9 Å². The predicted molar refractivity (Wildman–Crippen MR) is 87.6 cm³/mol. The summed E-state index contributed by atoms with van der Waals surface area (Å²) in [6.07, 6.45) is 4.87. The first-order valence-corrected chi connectivity index (χ1v) is 8.46. The Balaban J connectivity index is 1.89. The van der Waals surface area contributed by atoms with Crippen LogP contribution in [0, 0.1) is 0 Å². The van der Waals surface area contributed by atoms with Gasteiger partial charge in [0.2, 0.25) is 5.91 Å². The van der Waals surface area contributed by atoms with Crippen LogP contribution in [0.5, 0.6) is 0 Å². The Morgan fingerprint density at radius 2 is 1.90 bits per heavy atom. The van der Waals surface area contributed by atoms with E-state index in [0.29, 0.717) is 24.9 Å². The van der Waals surface area contributed by atoms with Gasteiger partial charge in [0, 0.05) is 18.8 Å². The molecule has 1 aromatic carbocycles. The van der Waals surface area contributed by atoms with Gasteiger partial charge in [-0.25, -0.2) is 0 Å². The highest BCUT2D eigenvalue weighted by Gasteiger charge is 2.23. The van der Waals surface area contributed by atoms with Gasteiger partial charge in [0.15, 0.2) is 0 Å². The third-order valence-corrected chi connectivity index (χ3v) is 4.31. The third-order valence-electron chi connectivity index (χ3n) is 4.05. The van der Waals surface area contributed by atoms with Crippen molar-refractivity contribution in [2.24, 2.45) is 0 Å². The Kier molecular flexibility index (Phi) is 7.04. The first-order chi connectivity index (χ1) is 10.3. The molecule has 1 unspecified atom stereocenters. The van der Waals surface area contributed by atoms with Crippen molar-refractivity contribution in [3.63, 3.8) is 0 Å². The summed E-state index contributed by atoms with van der Waals surface area (Å²) in [6.45, 7) is 2.95. The van der Waals surface area contributed by atoms with E-state index in [0.717, 1.165) is 25.9 Å². The van der Waals surface area contributed by atoms with Crippen molar-refractivity contribution in [1.82, 2.24) is 10.2 Å². The minimum absolute atomic E-state index is 0.139. The SMILES string of the molecule is O=C(CCCCCl)NCC(c1ccccc1)N1CCCC1. The molecule has 4 heteroatoms. The van der Waals surface area contributed by atoms with Crippen LogP contribution in [0.4, 0.5) is 0 Å². The number of carbonyl (C=O) groups excluding carboxylic acids is 1. The summed E-state index contributed by atoms with van der Waals surface area (Å²) in [4.78, 5) is 14.4. The molecule has 1 amide bonds. The molecule has 0 aliphatic carbocycles. The van der Waals surface area contributed by atoms with Crippen LogP contribution in [0.25, 0.3) is 0 Å². The summed E-state index contributed by atoms with van der Waals surface area (Å²) >= 11 is 5.64. The Hall–Kier alpha value is -1.06. The van der Waals surface area contributed by atoms with Crippen LogP contribution in [0.3, 0.4) is 0 Å². The van der Waals surface area contributed by atoms with Gasteiger partial charge in [-0.2, -0.15) is 0 Å². The number of nitrogens with zero attached hydrogens (tertiary/aromatic N) is 1. The molecule has 0 bridgehead atoms. The maximum absolute atomic E-state index is 11.9. The van der Waals surface area contributed by atoms with Gasteiger partial charge in [-0.3, -0.25) is 9.69 Å². The number of unbranched alkanes of at least 4 members (excludes halogenated alkanes) is 1. The number of nitrogens with one attached hydrogen (secondary N) is 1. The van der Waals surface area contributed by atoms with Crippen LogP contribution in [-0.4, -0.2) is 36.3 Å². The number of hydrogen-bond donors (Lipinski definition) is 1. The fourth-order valence-corrected chi connectivity index (χ4v) is 3.05. The van der Waals surface area contributed by atoms with E-state index in [9.17, 15) is 4.79 Å². The molecule has 1 aromatic rings. The van der Waals surface area contributed by atoms with Crippen molar-refractivity contribution in [3.8, 4) is 0 Å². The number of alkyl halides is 1. The summed E-state index contributed by atoms with van der Waals surface area (Å²) in [5.74, 6) is 0.772. The van der Waals surface area contributed by atoms with Gasteiger partial charge < -0.3 is 5.32 Å². The second-order valence-electron chi connectivity index (χ2n) is 5.62. The van der Waals surface area contributed by atoms with E-state index in [-0.39, 0.29) is 5.91 Å². The van der Waals surface area contributed by atoms with Crippen LogP contribution >= 0.6 is 11.6 Å². The van der Waals surface area contributed by atoms with Crippen LogP contribution in [-0.2, 0) is 4.79 Å². The highest BCUT2D eigenvalue weighted by atomic mass is 35.5.